The van der Waals surface area contributed by atoms with Crippen molar-refractivity contribution < 1.29 is 9.18 Å². The molecule has 0 unspecified atom stereocenters. The summed E-state index contributed by atoms with van der Waals surface area (Å²) in [6.07, 6.45) is 8.34. The van der Waals surface area contributed by atoms with Gasteiger partial charge in [0.25, 0.3) is 0 Å². The zero-order valence-corrected chi connectivity index (χ0v) is 16.8. The second-order valence-electron chi connectivity index (χ2n) is 8.18. The summed E-state index contributed by atoms with van der Waals surface area (Å²) in [6.45, 7) is 3.73. The average molecular weight is 401 g/mol. The lowest BCUT2D eigenvalue weighted by molar-refractivity contribution is -0.133. The van der Waals surface area contributed by atoms with E-state index in [-0.39, 0.29) is 5.82 Å². The highest BCUT2D eigenvalue weighted by atomic mass is 19.1. The van der Waals surface area contributed by atoms with E-state index in [0.717, 1.165) is 44.2 Å². The van der Waals surface area contributed by atoms with Gasteiger partial charge in [0.15, 0.2) is 5.82 Å². The maximum Gasteiger partial charge on any atom is 0.222 e. The Morgan fingerprint density at radius 3 is 2.48 bits per heavy atom. The molecule has 4 rings (SSSR count). The third-order valence-corrected chi connectivity index (χ3v) is 6.19. The van der Waals surface area contributed by atoms with E-state index >= 15 is 0 Å². The predicted molar refractivity (Wildman–Crippen MR) is 107 cm³/mol. The molecule has 1 aromatic carbocycles. The zero-order chi connectivity index (χ0) is 20.1. The molecule has 2 aromatic rings. The molecule has 156 valence electrons. The molecule has 2 heterocycles. The Balaban J connectivity index is 1.25. The Kier molecular flexibility index (Phi) is 6.49. The van der Waals surface area contributed by atoms with Gasteiger partial charge in [-0.2, -0.15) is 4.68 Å². The number of hydrogen-bond donors (Lipinski definition) is 0. The van der Waals surface area contributed by atoms with Crippen molar-refractivity contribution in [3.8, 4) is 5.69 Å². The molecule has 0 N–H and O–H groups in total. The van der Waals surface area contributed by atoms with E-state index in [1.54, 1.807) is 16.8 Å². The normalized spacial score (nSPS) is 18.9. The minimum Gasteiger partial charge on any atom is -0.340 e. The Morgan fingerprint density at radius 1 is 1.03 bits per heavy atom. The number of aromatic nitrogens is 4. The molecule has 0 spiro atoms. The number of benzene rings is 1. The number of halogens is 1. The Morgan fingerprint density at radius 2 is 1.76 bits per heavy atom. The Bertz CT molecular complexity index is 794. The van der Waals surface area contributed by atoms with Crippen LogP contribution in [0.2, 0.25) is 0 Å². The third-order valence-electron chi connectivity index (χ3n) is 6.19. The number of nitrogens with zero attached hydrogens (tertiary/aromatic N) is 6. The van der Waals surface area contributed by atoms with Crippen molar-refractivity contribution in [1.29, 1.82) is 0 Å². The molecule has 1 amide bonds. The number of carbonyl (C=O) groups is 1. The Hall–Kier alpha value is -2.35. The molecular weight excluding hydrogens is 371 g/mol. The standard InChI is InChI=1S/C21H29FN6O/c22-18-7-9-19(10-8-18)28-20(23-24-25-28)16-26-12-14-27(15-13-26)21(29)11-6-17-4-2-1-3-5-17/h7-10,17H,1-6,11-16H2. The molecule has 8 heteroatoms. The van der Waals surface area contributed by atoms with Gasteiger partial charge < -0.3 is 4.90 Å². The molecule has 2 aliphatic rings. The largest absolute Gasteiger partial charge is 0.340 e. The van der Waals surface area contributed by atoms with Gasteiger partial charge in [-0.3, -0.25) is 9.69 Å². The molecule has 0 radical (unpaired) electrons. The summed E-state index contributed by atoms with van der Waals surface area (Å²) >= 11 is 0. The lowest BCUT2D eigenvalue weighted by atomic mass is 9.86. The number of piperazine rings is 1. The fraction of sp³-hybridized carbons (Fsp3) is 0.619. The summed E-state index contributed by atoms with van der Waals surface area (Å²) in [7, 11) is 0. The summed E-state index contributed by atoms with van der Waals surface area (Å²) in [5.74, 6) is 1.48. The number of carbonyl (C=O) groups excluding carboxylic acids is 1. The van der Waals surface area contributed by atoms with Gasteiger partial charge in [-0.1, -0.05) is 32.1 Å². The van der Waals surface area contributed by atoms with E-state index in [9.17, 15) is 9.18 Å². The molecule has 1 saturated carbocycles. The quantitative estimate of drug-likeness (QED) is 0.746. The van der Waals surface area contributed by atoms with Crippen LogP contribution in [0.25, 0.3) is 5.69 Å². The monoisotopic (exact) mass is 400 g/mol. The van der Waals surface area contributed by atoms with E-state index in [2.05, 4.69) is 20.4 Å². The van der Waals surface area contributed by atoms with Crippen LogP contribution >= 0.6 is 0 Å². The first-order valence-electron chi connectivity index (χ1n) is 10.7. The molecule has 2 fully saturated rings. The summed E-state index contributed by atoms with van der Waals surface area (Å²) in [5, 5.41) is 11.9. The molecule has 1 saturated heterocycles. The van der Waals surface area contributed by atoms with Crippen molar-refractivity contribution in [2.75, 3.05) is 26.2 Å². The molecule has 0 atom stereocenters. The molecular formula is C21H29FN6O. The summed E-state index contributed by atoms with van der Waals surface area (Å²) in [6, 6.07) is 6.13. The predicted octanol–water partition coefficient (Wildman–Crippen LogP) is 2.81. The number of rotatable bonds is 6. The van der Waals surface area contributed by atoms with Gasteiger partial charge in [0.2, 0.25) is 5.91 Å². The van der Waals surface area contributed by atoms with Crippen molar-refractivity contribution in [3.63, 3.8) is 0 Å². The SMILES string of the molecule is O=C(CCC1CCCCC1)N1CCN(Cc2nnnn2-c2ccc(F)cc2)CC1. The second kappa shape index (κ2) is 9.43. The van der Waals surface area contributed by atoms with Gasteiger partial charge in [-0.25, -0.2) is 4.39 Å². The molecule has 1 aliphatic carbocycles. The summed E-state index contributed by atoms with van der Waals surface area (Å²) < 4.78 is 14.8. The minimum absolute atomic E-state index is 0.285. The molecule has 7 nitrogen and oxygen atoms in total. The van der Waals surface area contributed by atoms with Gasteiger partial charge in [0, 0.05) is 32.6 Å². The van der Waals surface area contributed by atoms with E-state index in [4.69, 9.17) is 0 Å². The minimum atomic E-state index is -0.285. The van der Waals surface area contributed by atoms with Crippen LogP contribution < -0.4 is 0 Å². The molecule has 0 bridgehead atoms. The van der Waals surface area contributed by atoms with Crippen molar-refractivity contribution in [2.45, 2.75) is 51.5 Å². The van der Waals surface area contributed by atoms with Gasteiger partial charge >= 0.3 is 0 Å². The first-order chi connectivity index (χ1) is 14.2. The van der Waals surface area contributed by atoms with E-state index in [1.165, 1.54) is 44.2 Å². The van der Waals surface area contributed by atoms with Crippen LogP contribution in [0.4, 0.5) is 4.39 Å². The van der Waals surface area contributed by atoms with Gasteiger partial charge in [0.05, 0.1) is 12.2 Å². The van der Waals surface area contributed by atoms with Crippen molar-refractivity contribution in [3.05, 3.63) is 35.9 Å². The average Bonchev–Trinajstić information content (AvgIpc) is 3.22. The van der Waals surface area contributed by atoms with Gasteiger partial charge in [-0.15, -0.1) is 5.10 Å². The van der Waals surface area contributed by atoms with Gasteiger partial charge in [-0.05, 0) is 47.0 Å². The van der Waals surface area contributed by atoms with Crippen LogP contribution in [-0.2, 0) is 11.3 Å². The molecule has 1 aromatic heterocycles. The lowest BCUT2D eigenvalue weighted by Crippen LogP contribution is -2.48. The fourth-order valence-electron chi connectivity index (χ4n) is 4.40. The van der Waals surface area contributed by atoms with Crippen molar-refractivity contribution in [2.24, 2.45) is 5.92 Å². The topological polar surface area (TPSA) is 67.2 Å². The lowest BCUT2D eigenvalue weighted by Gasteiger charge is -2.34. The number of amides is 1. The second-order valence-corrected chi connectivity index (χ2v) is 8.18. The summed E-state index contributed by atoms with van der Waals surface area (Å²) in [5.41, 5.74) is 0.739. The van der Waals surface area contributed by atoms with E-state index in [1.807, 2.05) is 4.90 Å². The number of hydrogen-bond acceptors (Lipinski definition) is 5. The molecule has 29 heavy (non-hydrogen) atoms. The van der Waals surface area contributed by atoms with Crippen LogP contribution in [0.3, 0.4) is 0 Å². The zero-order valence-electron chi connectivity index (χ0n) is 16.8. The highest BCUT2D eigenvalue weighted by Crippen LogP contribution is 2.27. The van der Waals surface area contributed by atoms with Crippen LogP contribution in [0.1, 0.15) is 50.8 Å². The maximum absolute atomic E-state index is 13.2. The first-order valence-corrected chi connectivity index (χ1v) is 10.7. The number of tetrazole rings is 1. The highest BCUT2D eigenvalue weighted by Gasteiger charge is 2.24. The smallest absolute Gasteiger partial charge is 0.222 e. The fourth-order valence-corrected chi connectivity index (χ4v) is 4.40. The van der Waals surface area contributed by atoms with E-state index in [0.29, 0.717) is 24.7 Å². The van der Waals surface area contributed by atoms with Crippen LogP contribution in [0.15, 0.2) is 24.3 Å². The summed E-state index contributed by atoms with van der Waals surface area (Å²) in [4.78, 5) is 16.8. The van der Waals surface area contributed by atoms with Crippen LogP contribution in [0.5, 0.6) is 0 Å². The van der Waals surface area contributed by atoms with E-state index < -0.39 is 0 Å². The molecule has 1 aliphatic heterocycles. The maximum atomic E-state index is 13.2. The van der Waals surface area contributed by atoms with Crippen molar-refractivity contribution >= 4 is 5.91 Å². The third kappa shape index (κ3) is 5.18. The van der Waals surface area contributed by atoms with Crippen LogP contribution in [0, 0.1) is 11.7 Å². The first kappa shape index (κ1) is 19.9. The highest BCUT2D eigenvalue weighted by molar-refractivity contribution is 5.76. The van der Waals surface area contributed by atoms with Crippen LogP contribution in [-0.4, -0.2) is 62.1 Å². The van der Waals surface area contributed by atoms with Crippen molar-refractivity contribution in [1.82, 2.24) is 30.0 Å². The Labute approximate surface area is 170 Å². The van der Waals surface area contributed by atoms with Gasteiger partial charge in [0.1, 0.15) is 5.82 Å².